The first-order chi connectivity index (χ1) is 15.5. The van der Waals surface area contributed by atoms with Gasteiger partial charge in [0.2, 0.25) is 5.82 Å². The fourth-order valence-electron chi connectivity index (χ4n) is 3.85. The normalized spacial score (nSPS) is 12.3. The number of aryl methyl sites for hydroxylation is 1. The summed E-state index contributed by atoms with van der Waals surface area (Å²) in [7, 11) is -1.35. The van der Waals surface area contributed by atoms with Crippen LogP contribution < -0.4 is 5.19 Å². The molecular weight excluding hydrogens is 428 g/mol. The van der Waals surface area contributed by atoms with Crippen molar-refractivity contribution in [2.75, 3.05) is 0 Å². The van der Waals surface area contributed by atoms with Crippen molar-refractivity contribution in [1.82, 2.24) is 19.9 Å². The summed E-state index contributed by atoms with van der Waals surface area (Å²) in [6, 6.07) is 18.7. The second kappa shape index (κ2) is 8.72. The quantitative estimate of drug-likeness (QED) is 0.400. The molecule has 33 heavy (non-hydrogen) atoms. The zero-order valence-electron chi connectivity index (χ0n) is 20.3. The smallest absolute Gasteiger partial charge is 0.278 e. The SMILES string of the molecule is Cc1cc(-c2nc(-c3ccc([Si](C)(C)C)cc3)no2)nn1Cc1cccc(CC(C)(C)O)c1. The first kappa shape index (κ1) is 23.1. The molecule has 4 rings (SSSR count). The number of benzene rings is 2. The average molecular weight is 461 g/mol. The summed E-state index contributed by atoms with van der Waals surface area (Å²) in [6.07, 6.45) is 0.605. The van der Waals surface area contributed by atoms with E-state index < -0.39 is 13.7 Å². The molecular formula is C26H32N4O2Si. The minimum atomic E-state index is -1.35. The van der Waals surface area contributed by atoms with Crippen molar-refractivity contribution in [2.45, 2.75) is 59.0 Å². The molecule has 0 aliphatic rings. The molecule has 172 valence electrons. The summed E-state index contributed by atoms with van der Waals surface area (Å²) < 4.78 is 7.47. The molecule has 0 amide bonds. The van der Waals surface area contributed by atoms with E-state index in [9.17, 15) is 5.11 Å². The third kappa shape index (κ3) is 5.67. The van der Waals surface area contributed by atoms with Gasteiger partial charge in [-0.25, -0.2) is 0 Å². The molecule has 2 aromatic heterocycles. The van der Waals surface area contributed by atoms with Gasteiger partial charge in [-0.1, -0.05) is 78.5 Å². The van der Waals surface area contributed by atoms with E-state index in [4.69, 9.17) is 9.62 Å². The van der Waals surface area contributed by atoms with Gasteiger partial charge in [0, 0.05) is 17.7 Å². The third-order valence-electron chi connectivity index (χ3n) is 5.60. The molecule has 0 spiro atoms. The Morgan fingerprint density at radius 2 is 1.70 bits per heavy atom. The van der Waals surface area contributed by atoms with Crippen molar-refractivity contribution in [3.8, 4) is 23.0 Å². The molecule has 1 N–H and O–H groups in total. The van der Waals surface area contributed by atoms with E-state index in [1.165, 1.54) is 5.19 Å². The van der Waals surface area contributed by atoms with Crippen LogP contribution in [0.15, 0.2) is 59.1 Å². The van der Waals surface area contributed by atoms with Crippen LogP contribution >= 0.6 is 0 Å². The van der Waals surface area contributed by atoms with Crippen LogP contribution in [-0.4, -0.2) is 38.7 Å². The molecule has 0 aliphatic heterocycles. The highest BCUT2D eigenvalue weighted by Crippen LogP contribution is 2.23. The Morgan fingerprint density at radius 3 is 2.36 bits per heavy atom. The molecule has 0 atom stereocenters. The Bertz CT molecular complexity index is 1240. The van der Waals surface area contributed by atoms with Gasteiger partial charge in [0.1, 0.15) is 0 Å². The van der Waals surface area contributed by atoms with E-state index in [1.54, 1.807) is 0 Å². The molecule has 0 aliphatic carbocycles. The number of nitrogens with zero attached hydrogens (tertiary/aromatic N) is 4. The fraction of sp³-hybridized carbons (Fsp3) is 0.346. The lowest BCUT2D eigenvalue weighted by molar-refractivity contribution is 0.0810. The molecule has 0 radical (unpaired) electrons. The van der Waals surface area contributed by atoms with Crippen molar-refractivity contribution < 1.29 is 9.63 Å². The van der Waals surface area contributed by atoms with E-state index in [0.29, 0.717) is 30.4 Å². The molecule has 0 saturated carbocycles. The van der Waals surface area contributed by atoms with Crippen molar-refractivity contribution in [2.24, 2.45) is 0 Å². The molecule has 0 unspecified atom stereocenters. The Labute approximate surface area is 196 Å². The van der Waals surface area contributed by atoms with Gasteiger partial charge in [-0.2, -0.15) is 10.1 Å². The predicted octanol–water partition coefficient (Wildman–Crippen LogP) is 4.82. The predicted molar refractivity (Wildman–Crippen MR) is 134 cm³/mol. The van der Waals surface area contributed by atoms with Crippen LogP contribution in [0.2, 0.25) is 19.6 Å². The van der Waals surface area contributed by atoms with Gasteiger partial charge in [-0.15, -0.1) is 0 Å². The molecule has 0 saturated heterocycles. The van der Waals surface area contributed by atoms with Crippen LogP contribution in [0.25, 0.3) is 23.0 Å². The van der Waals surface area contributed by atoms with Crippen LogP contribution in [0.4, 0.5) is 0 Å². The molecule has 0 fully saturated rings. The van der Waals surface area contributed by atoms with Gasteiger partial charge in [-0.05, 0) is 38.0 Å². The van der Waals surface area contributed by atoms with Gasteiger partial charge >= 0.3 is 0 Å². The maximum Gasteiger partial charge on any atom is 0.278 e. The summed E-state index contributed by atoms with van der Waals surface area (Å²) in [5, 5.41) is 20.4. The van der Waals surface area contributed by atoms with Crippen molar-refractivity contribution in [1.29, 1.82) is 0 Å². The lowest BCUT2D eigenvalue weighted by Gasteiger charge is -2.17. The molecule has 2 heterocycles. The minimum Gasteiger partial charge on any atom is -0.390 e. The topological polar surface area (TPSA) is 77.0 Å². The summed E-state index contributed by atoms with van der Waals surface area (Å²) >= 11 is 0. The monoisotopic (exact) mass is 460 g/mol. The molecule has 0 bridgehead atoms. The molecule has 4 aromatic rings. The maximum absolute atomic E-state index is 10.1. The summed E-state index contributed by atoms with van der Waals surface area (Å²) in [5.41, 5.74) is 4.11. The third-order valence-corrected chi connectivity index (χ3v) is 7.66. The maximum atomic E-state index is 10.1. The number of aromatic nitrogens is 4. The Morgan fingerprint density at radius 1 is 1.00 bits per heavy atom. The van der Waals surface area contributed by atoms with Crippen LogP contribution in [0, 0.1) is 6.92 Å². The standard InChI is InChI=1S/C26H32N4O2Si/c1-18-14-23(28-30(18)17-20-9-7-8-19(15-20)16-26(2,3)31)25-27-24(29-32-25)21-10-12-22(13-11-21)33(4,5)6/h7-15,31H,16-17H2,1-6H3. The van der Waals surface area contributed by atoms with E-state index in [0.717, 1.165) is 22.4 Å². The van der Waals surface area contributed by atoms with E-state index in [1.807, 2.05) is 43.7 Å². The van der Waals surface area contributed by atoms with Gasteiger partial charge in [0.05, 0.1) is 20.2 Å². The highest BCUT2D eigenvalue weighted by atomic mass is 28.3. The van der Waals surface area contributed by atoms with Crippen LogP contribution in [-0.2, 0) is 13.0 Å². The summed E-state index contributed by atoms with van der Waals surface area (Å²) in [6.45, 7) is 13.3. The van der Waals surface area contributed by atoms with Crippen LogP contribution in [0.5, 0.6) is 0 Å². The van der Waals surface area contributed by atoms with Gasteiger partial charge in [0.15, 0.2) is 5.69 Å². The number of aliphatic hydroxyl groups is 1. The summed E-state index contributed by atoms with van der Waals surface area (Å²) in [4.78, 5) is 4.59. The van der Waals surface area contributed by atoms with Gasteiger partial charge in [0.25, 0.3) is 5.89 Å². The molecule has 7 heteroatoms. The van der Waals surface area contributed by atoms with E-state index in [-0.39, 0.29) is 0 Å². The van der Waals surface area contributed by atoms with Crippen molar-refractivity contribution >= 4 is 13.3 Å². The first-order valence-electron chi connectivity index (χ1n) is 11.3. The van der Waals surface area contributed by atoms with Gasteiger partial charge < -0.3 is 9.63 Å². The highest BCUT2D eigenvalue weighted by Gasteiger charge is 2.18. The highest BCUT2D eigenvalue weighted by molar-refractivity contribution is 6.88. The first-order valence-corrected chi connectivity index (χ1v) is 14.8. The zero-order chi connectivity index (χ0) is 23.8. The molecule has 2 aromatic carbocycles. The number of rotatable bonds is 7. The van der Waals surface area contributed by atoms with E-state index >= 15 is 0 Å². The van der Waals surface area contributed by atoms with Crippen LogP contribution in [0.1, 0.15) is 30.7 Å². The number of hydrogen-bond donors (Lipinski definition) is 1. The lowest BCUT2D eigenvalue weighted by Crippen LogP contribution is -2.37. The number of hydrogen-bond acceptors (Lipinski definition) is 5. The minimum absolute atomic E-state index is 0.414. The van der Waals surface area contributed by atoms with Crippen molar-refractivity contribution in [3.63, 3.8) is 0 Å². The molecule has 6 nitrogen and oxygen atoms in total. The fourth-order valence-corrected chi connectivity index (χ4v) is 5.02. The zero-order valence-corrected chi connectivity index (χ0v) is 21.3. The largest absolute Gasteiger partial charge is 0.390 e. The van der Waals surface area contributed by atoms with E-state index in [2.05, 4.69) is 66.2 Å². The van der Waals surface area contributed by atoms with Crippen molar-refractivity contribution in [3.05, 3.63) is 71.4 Å². The van der Waals surface area contributed by atoms with Gasteiger partial charge in [-0.3, -0.25) is 4.68 Å². The Hall–Kier alpha value is -3.03. The summed E-state index contributed by atoms with van der Waals surface area (Å²) in [5.74, 6) is 0.982. The second-order valence-corrected chi connectivity index (χ2v) is 15.5. The average Bonchev–Trinajstić information content (AvgIpc) is 3.34. The second-order valence-electron chi connectivity index (χ2n) is 10.4. The Balaban J connectivity index is 1.53. The Kier molecular flexibility index (Phi) is 6.11. The van der Waals surface area contributed by atoms with Crippen LogP contribution in [0.3, 0.4) is 0 Å². The lowest BCUT2D eigenvalue weighted by atomic mass is 9.97.